The van der Waals surface area contributed by atoms with E-state index in [1.165, 1.54) is 20.3 Å². The Morgan fingerprint density at radius 1 is 1.09 bits per heavy atom. The lowest BCUT2D eigenvalue weighted by atomic mass is 10.1. The third-order valence-corrected chi connectivity index (χ3v) is 5.08. The number of benzene rings is 2. The van der Waals surface area contributed by atoms with Gasteiger partial charge in [-0.25, -0.2) is 13.1 Å². The largest absolute Gasteiger partial charge is 0.497 e. The molecular formula is C16H18ClNO4S. The van der Waals surface area contributed by atoms with Gasteiger partial charge in [-0.15, -0.1) is 0 Å². The van der Waals surface area contributed by atoms with Crippen LogP contribution in [0.3, 0.4) is 0 Å². The van der Waals surface area contributed by atoms with Crippen molar-refractivity contribution < 1.29 is 17.9 Å². The van der Waals surface area contributed by atoms with Crippen LogP contribution < -0.4 is 14.2 Å². The number of nitrogens with one attached hydrogen (secondary N) is 1. The molecule has 0 fully saturated rings. The number of ether oxygens (including phenoxy) is 2. The maximum atomic E-state index is 12.6. The summed E-state index contributed by atoms with van der Waals surface area (Å²) in [4.78, 5) is 0.0269. The van der Waals surface area contributed by atoms with Crippen molar-refractivity contribution >= 4 is 21.6 Å². The second-order valence-electron chi connectivity index (χ2n) is 4.91. The van der Waals surface area contributed by atoms with E-state index in [1.54, 1.807) is 24.3 Å². The van der Waals surface area contributed by atoms with E-state index < -0.39 is 10.0 Å². The molecule has 0 radical (unpaired) electrons. The second kappa shape index (κ2) is 7.21. The Hall–Kier alpha value is -1.76. The molecule has 0 aliphatic heterocycles. The van der Waals surface area contributed by atoms with Crippen LogP contribution in [0.5, 0.6) is 11.5 Å². The van der Waals surface area contributed by atoms with E-state index in [-0.39, 0.29) is 17.2 Å². The van der Waals surface area contributed by atoms with Gasteiger partial charge < -0.3 is 9.47 Å². The number of sulfonamides is 1. The molecule has 23 heavy (non-hydrogen) atoms. The van der Waals surface area contributed by atoms with Gasteiger partial charge in [0.2, 0.25) is 10.0 Å². The molecule has 5 nitrogen and oxygen atoms in total. The number of hydrogen-bond acceptors (Lipinski definition) is 4. The average Bonchev–Trinajstić information content (AvgIpc) is 2.55. The van der Waals surface area contributed by atoms with Crippen molar-refractivity contribution in [2.45, 2.75) is 18.4 Å². The zero-order chi connectivity index (χ0) is 17.0. The van der Waals surface area contributed by atoms with Gasteiger partial charge in [0.1, 0.15) is 16.4 Å². The summed E-state index contributed by atoms with van der Waals surface area (Å²) < 4.78 is 37.9. The van der Waals surface area contributed by atoms with Gasteiger partial charge in [0.15, 0.2) is 0 Å². The Balaban J connectivity index is 2.30. The van der Waals surface area contributed by atoms with Gasteiger partial charge in [0, 0.05) is 17.6 Å². The minimum absolute atomic E-state index is 0.0269. The normalized spacial score (nSPS) is 11.3. The predicted molar refractivity (Wildman–Crippen MR) is 89.8 cm³/mol. The number of halogens is 1. The molecule has 0 saturated heterocycles. The van der Waals surface area contributed by atoms with Crippen molar-refractivity contribution in [2.75, 3.05) is 14.2 Å². The van der Waals surface area contributed by atoms with Gasteiger partial charge >= 0.3 is 0 Å². The van der Waals surface area contributed by atoms with Crippen LogP contribution in [0, 0.1) is 6.92 Å². The first kappa shape index (κ1) is 17.6. The molecule has 0 amide bonds. The van der Waals surface area contributed by atoms with E-state index in [9.17, 15) is 8.42 Å². The number of rotatable bonds is 6. The number of methoxy groups -OCH3 is 2. The molecule has 0 spiro atoms. The summed E-state index contributed by atoms with van der Waals surface area (Å²) in [5.41, 5.74) is 1.76. The molecule has 0 saturated carbocycles. The molecule has 2 aromatic carbocycles. The van der Waals surface area contributed by atoms with Crippen molar-refractivity contribution in [3.63, 3.8) is 0 Å². The van der Waals surface area contributed by atoms with E-state index in [2.05, 4.69) is 4.72 Å². The molecule has 0 heterocycles. The van der Waals surface area contributed by atoms with Crippen LogP contribution in [0.4, 0.5) is 0 Å². The molecule has 7 heteroatoms. The summed E-state index contributed by atoms with van der Waals surface area (Å²) in [7, 11) is -0.870. The van der Waals surface area contributed by atoms with Gasteiger partial charge in [-0.05, 0) is 42.3 Å². The molecular weight excluding hydrogens is 338 g/mol. The highest BCUT2D eigenvalue weighted by atomic mass is 35.5. The molecule has 0 aliphatic rings. The maximum Gasteiger partial charge on any atom is 0.244 e. The zero-order valence-electron chi connectivity index (χ0n) is 13.1. The van der Waals surface area contributed by atoms with Crippen LogP contribution in [0.2, 0.25) is 5.02 Å². The van der Waals surface area contributed by atoms with Gasteiger partial charge in [-0.3, -0.25) is 0 Å². The minimum Gasteiger partial charge on any atom is -0.497 e. The van der Waals surface area contributed by atoms with Crippen LogP contribution in [0.15, 0.2) is 41.3 Å². The van der Waals surface area contributed by atoms with Gasteiger partial charge in [-0.2, -0.15) is 0 Å². The van der Waals surface area contributed by atoms with Crippen molar-refractivity contribution in [3.8, 4) is 11.5 Å². The van der Waals surface area contributed by atoms with Crippen LogP contribution in [-0.4, -0.2) is 22.6 Å². The fraction of sp³-hybridized carbons (Fsp3) is 0.250. The Kier molecular flexibility index (Phi) is 5.51. The molecule has 2 aromatic rings. The fourth-order valence-corrected chi connectivity index (χ4v) is 3.46. The SMILES string of the molecule is COc1ccc(OC)c(S(=O)(=O)NCc2cc(Cl)ccc2C)c1. The lowest BCUT2D eigenvalue weighted by Gasteiger charge is -2.13. The standard InChI is InChI=1S/C16H18ClNO4S/c1-11-4-5-13(17)8-12(11)10-18-23(19,20)16-9-14(21-2)6-7-15(16)22-3/h4-9,18H,10H2,1-3H3. The van der Waals surface area contributed by atoms with Crippen molar-refractivity contribution in [2.24, 2.45) is 0 Å². The summed E-state index contributed by atoms with van der Waals surface area (Å²) in [6.07, 6.45) is 0. The van der Waals surface area contributed by atoms with Crippen LogP contribution >= 0.6 is 11.6 Å². The molecule has 0 atom stereocenters. The molecule has 1 N–H and O–H groups in total. The summed E-state index contributed by atoms with van der Waals surface area (Å²) in [5, 5.41) is 0.559. The minimum atomic E-state index is -3.76. The maximum absolute atomic E-state index is 12.6. The highest BCUT2D eigenvalue weighted by Gasteiger charge is 2.20. The molecule has 0 aromatic heterocycles. The first-order valence-corrected chi connectivity index (χ1v) is 8.70. The lowest BCUT2D eigenvalue weighted by Crippen LogP contribution is -2.24. The molecule has 2 rings (SSSR count). The Morgan fingerprint density at radius 3 is 2.48 bits per heavy atom. The zero-order valence-corrected chi connectivity index (χ0v) is 14.7. The summed E-state index contributed by atoms with van der Waals surface area (Å²) in [6.45, 7) is 2.03. The van der Waals surface area contributed by atoms with Gasteiger partial charge in [0.05, 0.1) is 14.2 Å². The Labute approximate surface area is 141 Å². The van der Waals surface area contributed by atoms with Gasteiger partial charge in [0.25, 0.3) is 0 Å². The van der Waals surface area contributed by atoms with Crippen LogP contribution in [0.1, 0.15) is 11.1 Å². The highest BCUT2D eigenvalue weighted by molar-refractivity contribution is 7.89. The van der Waals surface area contributed by atoms with E-state index >= 15 is 0 Å². The predicted octanol–water partition coefficient (Wildman–Crippen LogP) is 3.14. The van der Waals surface area contributed by atoms with Crippen molar-refractivity contribution in [1.29, 1.82) is 0 Å². The van der Waals surface area contributed by atoms with Gasteiger partial charge in [-0.1, -0.05) is 17.7 Å². The van der Waals surface area contributed by atoms with Crippen LogP contribution in [0.25, 0.3) is 0 Å². The fourth-order valence-electron chi connectivity index (χ4n) is 2.08. The Bertz CT molecular complexity index is 806. The molecule has 124 valence electrons. The second-order valence-corrected chi connectivity index (χ2v) is 7.08. The van der Waals surface area contributed by atoms with E-state index in [0.29, 0.717) is 10.8 Å². The van der Waals surface area contributed by atoms with E-state index in [1.807, 2.05) is 13.0 Å². The number of aryl methyl sites for hydroxylation is 1. The van der Waals surface area contributed by atoms with Crippen molar-refractivity contribution in [1.82, 2.24) is 4.72 Å². The van der Waals surface area contributed by atoms with Crippen LogP contribution in [-0.2, 0) is 16.6 Å². The topological polar surface area (TPSA) is 64.6 Å². The quantitative estimate of drug-likeness (QED) is 0.864. The van der Waals surface area contributed by atoms with E-state index in [4.69, 9.17) is 21.1 Å². The first-order chi connectivity index (χ1) is 10.9. The lowest BCUT2D eigenvalue weighted by molar-refractivity contribution is 0.392. The smallest absolute Gasteiger partial charge is 0.244 e. The molecule has 0 unspecified atom stereocenters. The third kappa shape index (κ3) is 4.16. The third-order valence-electron chi connectivity index (χ3n) is 3.42. The average molecular weight is 356 g/mol. The molecule has 0 bridgehead atoms. The summed E-state index contributed by atoms with van der Waals surface area (Å²) >= 11 is 5.96. The highest BCUT2D eigenvalue weighted by Crippen LogP contribution is 2.28. The summed E-state index contributed by atoms with van der Waals surface area (Å²) in [6, 6.07) is 9.96. The monoisotopic (exact) mass is 355 g/mol. The Morgan fingerprint density at radius 2 is 1.83 bits per heavy atom. The van der Waals surface area contributed by atoms with Crippen molar-refractivity contribution in [3.05, 3.63) is 52.5 Å². The molecule has 0 aliphatic carbocycles. The number of hydrogen-bond donors (Lipinski definition) is 1. The summed E-state index contributed by atoms with van der Waals surface area (Å²) in [5.74, 6) is 0.686. The van der Waals surface area contributed by atoms with E-state index in [0.717, 1.165) is 11.1 Å². The first-order valence-electron chi connectivity index (χ1n) is 6.84.